The standard InChI is InChI=1S/C31H31Br2N3O7S/c1-4-5-10-24-34-35-31(44-17-19-8-6-7-9-21(19)29(37)38)36(24)16-18-11-13-20(14-12-18)43-26(30(39)40)22-15-23(32)27(41-2)28(42-3)25(22)33/h6-9,11-15,26H,4-5,10,16-17H2,1-3H3,(H,37,38)(H,39,40). The van der Waals surface area contributed by atoms with Crippen molar-refractivity contribution in [1.82, 2.24) is 14.8 Å². The van der Waals surface area contributed by atoms with Crippen molar-refractivity contribution < 1.29 is 34.0 Å². The van der Waals surface area contributed by atoms with Crippen LogP contribution in [-0.4, -0.2) is 51.1 Å². The Bertz CT molecular complexity index is 1630. The molecule has 0 fully saturated rings. The number of aryl methyl sites for hydroxylation is 1. The molecule has 4 aromatic rings. The highest BCUT2D eigenvalue weighted by molar-refractivity contribution is 9.11. The zero-order chi connectivity index (χ0) is 31.8. The molecule has 0 aliphatic rings. The molecule has 4 rings (SSSR count). The number of thioether (sulfide) groups is 1. The first-order chi connectivity index (χ1) is 21.2. The fourth-order valence-corrected chi connectivity index (χ4v) is 6.72. The summed E-state index contributed by atoms with van der Waals surface area (Å²) in [7, 11) is 2.96. The molecule has 44 heavy (non-hydrogen) atoms. The fourth-order valence-electron chi connectivity index (χ4n) is 4.51. The largest absolute Gasteiger partial charge is 0.492 e. The van der Waals surface area contributed by atoms with Crippen molar-refractivity contribution in [2.45, 2.75) is 49.7 Å². The van der Waals surface area contributed by atoms with Gasteiger partial charge in [0.25, 0.3) is 0 Å². The van der Waals surface area contributed by atoms with Crippen LogP contribution in [0.3, 0.4) is 0 Å². The Labute approximate surface area is 276 Å². The minimum atomic E-state index is -1.33. The average Bonchev–Trinajstić information content (AvgIpc) is 3.39. The van der Waals surface area contributed by atoms with Crippen molar-refractivity contribution in [1.29, 1.82) is 0 Å². The van der Waals surface area contributed by atoms with E-state index in [2.05, 4.69) is 49.0 Å². The summed E-state index contributed by atoms with van der Waals surface area (Å²) in [5.41, 5.74) is 2.25. The molecule has 10 nitrogen and oxygen atoms in total. The van der Waals surface area contributed by atoms with Crippen LogP contribution in [0.2, 0.25) is 0 Å². The molecule has 0 aliphatic carbocycles. The molecular weight excluding hydrogens is 718 g/mol. The van der Waals surface area contributed by atoms with Crippen LogP contribution in [-0.2, 0) is 23.5 Å². The second-order valence-corrected chi connectivity index (χ2v) is 12.2. The molecule has 3 aromatic carbocycles. The quantitative estimate of drug-likeness (QED) is 0.119. The number of rotatable bonds is 15. The third-order valence-corrected chi connectivity index (χ3v) is 9.17. The topological polar surface area (TPSA) is 133 Å². The number of hydrogen-bond donors (Lipinski definition) is 2. The zero-order valence-electron chi connectivity index (χ0n) is 24.3. The third-order valence-electron chi connectivity index (χ3n) is 6.74. The Morgan fingerprint density at radius 3 is 2.34 bits per heavy atom. The number of carbonyl (C=O) groups is 2. The number of aromatic nitrogens is 3. The number of halogens is 2. The van der Waals surface area contributed by atoms with E-state index < -0.39 is 18.0 Å². The van der Waals surface area contributed by atoms with Crippen LogP contribution in [0.25, 0.3) is 0 Å². The molecule has 0 aliphatic heterocycles. The van der Waals surface area contributed by atoms with Gasteiger partial charge in [-0.3, -0.25) is 0 Å². The van der Waals surface area contributed by atoms with Gasteiger partial charge < -0.3 is 29.0 Å². The van der Waals surface area contributed by atoms with Gasteiger partial charge in [0.15, 0.2) is 16.7 Å². The number of carboxylic acids is 2. The Morgan fingerprint density at radius 1 is 1.00 bits per heavy atom. The van der Waals surface area contributed by atoms with Crippen molar-refractivity contribution in [2.24, 2.45) is 0 Å². The Kier molecular flexibility index (Phi) is 11.7. The van der Waals surface area contributed by atoms with Gasteiger partial charge in [-0.05, 0) is 73.7 Å². The number of benzene rings is 3. The molecular formula is C31H31Br2N3O7S. The molecule has 0 saturated carbocycles. The number of nitrogens with zero attached hydrogens (tertiary/aromatic N) is 3. The highest BCUT2D eigenvalue weighted by Crippen LogP contribution is 2.45. The second kappa shape index (κ2) is 15.4. The van der Waals surface area contributed by atoms with E-state index in [0.717, 1.165) is 30.7 Å². The van der Waals surface area contributed by atoms with Gasteiger partial charge in [-0.2, -0.15) is 0 Å². The van der Waals surface area contributed by atoms with Gasteiger partial charge in [0, 0.05) is 17.7 Å². The van der Waals surface area contributed by atoms with Crippen LogP contribution < -0.4 is 14.2 Å². The zero-order valence-corrected chi connectivity index (χ0v) is 28.2. The van der Waals surface area contributed by atoms with E-state index in [4.69, 9.17) is 14.2 Å². The summed E-state index contributed by atoms with van der Waals surface area (Å²) in [6, 6.07) is 15.7. The van der Waals surface area contributed by atoms with Crippen molar-refractivity contribution >= 4 is 55.6 Å². The normalized spacial score (nSPS) is 11.7. The average molecular weight is 749 g/mol. The van der Waals surface area contributed by atoms with Crippen molar-refractivity contribution in [3.8, 4) is 17.2 Å². The second-order valence-electron chi connectivity index (χ2n) is 9.65. The lowest BCUT2D eigenvalue weighted by molar-refractivity contribution is -0.145. The number of carboxylic acid groups (broad SMARTS) is 2. The molecule has 1 unspecified atom stereocenters. The maximum absolute atomic E-state index is 12.3. The van der Waals surface area contributed by atoms with E-state index in [1.165, 1.54) is 26.0 Å². The van der Waals surface area contributed by atoms with Gasteiger partial charge in [-0.25, -0.2) is 9.59 Å². The van der Waals surface area contributed by atoms with E-state index in [1.54, 1.807) is 36.4 Å². The first kappa shape index (κ1) is 33.3. The van der Waals surface area contributed by atoms with E-state index in [9.17, 15) is 19.8 Å². The SMILES string of the molecule is CCCCc1nnc(SCc2ccccc2C(=O)O)n1Cc1ccc(OC(C(=O)O)c2cc(Br)c(OC)c(OC)c2Br)cc1. The molecule has 1 heterocycles. The minimum absolute atomic E-state index is 0.264. The molecule has 232 valence electrons. The molecule has 13 heteroatoms. The van der Waals surface area contributed by atoms with Crippen molar-refractivity contribution in [3.05, 3.63) is 91.6 Å². The lowest BCUT2D eigenvalue weighted by Gasteiger charge is -2.20. The molecule has 0 amide bonds. The number of hydrogen-bond acceptors (Lipinski definition) is 8. The lowest BCUT2D eigenvalue weighted by atomic mass is 10.1. The van der Waals surface area contributed by atoms with Crippen molar-refractivity contribution in [3.63, 3.8) is 0 Å². The molecule has 0 spiro atoms. The van der Waals surface area contributed by atoms with Gasteiger partial charge in [0.2, 0.25) is 6.10 Å². The van der Waals surface area contributed by atoms with Gasteiger partial charge >= 0.3 is 11.9 Å². The summed E-state index contributed by atoms with van der Waals surface area (Å²) in [4.78, 5) is 24.0. The molecule has 0 saturated heterocycles. The predicted molar refractivity (Wildman–Crippen MR) is 173 cm³/mol. The van der Waals surface area contributed by atoms with Gasteiger partial charge in [-0.15, -0.1) is 10.2 Å². The van der Waals surface area contributed by atoms with Crippen LogP contribution in [0.5, 0.6) is 17.2 Å². The summed E-state index contributed by atoms with van der Waals surface area (Å²) < 4.78 is 19.7. The monoisotopic (exact) mass is 747 g/mol. The number of methoxy groups -OCH3 is 2. The van der Waals surface area contributed by atoms with Gasteiger partial charge in [-0.1, -0.05) is 55.4 Å². The smallest absolute Gasteiger partial charge is 0.349 e. The lowest BCUT2D eigenvalue weighted by Crippen LogP contribution is -2.19. The molecule has 1 atom stereocenters. The first-order valence-corrected chi connectivity index (χ1v) is 16.2. The van der Waals surface area contributed by atoms with Crippen LogP contribution in [0.1, 0.15) is 58.7 Å². The summed E-state index contributed by atoms with van der Waals surface area (Å²) >= 11 is 8.30. The first-order valence-electron chi connectivity index (χ1n) is 13.6. The van der Waals surface area contributed by atoms with Gasteiger partial charge in [0.1, 0.15) is 11.6 Å². The summed E-state index contributed by atoms with van der Waals surface area (Å²) in [6.45, 7) is 2.59. The Hall–Kier alpha value is -3.55. The van der Waals surface area contributed by atoms with Crippen molar-refractivity contribution in [2.75, 3.05) is 14.2 Å². The molecule has 1 aromatic heterocycles. The molecule has 0 bridgehead atoms. The third kappa shape index (κ3) is 7.74. The summed E-state index contributed by atoms with van der Waals surface area (Å²) in [6.07, 6.45) is 1.38. The van der Waals surface area contributed by atoms with E-state index in [1.807, 2.05) is 22.8 Å². The number of aromatic carboxylic acids is 1. The molecule has 0 radical (unpaired) electrons. The number of unbranched alkanes of at least 4 members (excludes halogenated alkanes) is 1. The Balaban J connectivity index is 1.56. The van der Waals surface area contributed by atoms with Crippen LogP contribution >= 0.6 is 43.6 Å². The number of ether oxygens (including phenoxy) is 3. The highest BCUT2D eigenvalue weighted by atomic mass is 79.9. The van der Waals surface area contributed by atoms with Crippen LogP contribution in [0, 0.1) is 0 Å². The van der Waals surface area contributed by atoms with E-state index in [-0.39, 0.29) is 5.56 Å². The van der Waals surface area contributed by atoms with E-state index in [0.29, 0.717) is 54.8 Å². The summed E-state index contributed by atoms with van der Waals surface area (Å²) in [5.74, 6) is 0.266. The fraction of sp³-hybridized carbons (Fsp3) is 0.290. The molecule has 2 N–H and O–H groups in total. The van der Waals surface area contributed by atoms with E-state index >= 15 is 0 Å². The number of aliphatic carboxylic acids is 1. The highest BCUT2D eigenvalue weighted by Gasteiger charge is 2.29. The van der Waals surface area contributed by atoms with Crippen LogP contribution in [0.4, 0.5) is 0 Å². The maximum atomic E-state index is 12.3. The van der Waals surface area contributed by atoms with Crippen LogP contribution in [0.15, 0.2) is 68.7 Å². The minimum Gasteiger partial charge on any atom is -0.492 e. The predicted octanol–water partition coefficient (Wildman–Crippen LogP) is 7.41. The maximum Gasteiger partial charge on any atom is 0.349 e. The van der Waals surface area contributed by atoms with Gasteiger partial charge in [0.05, 0.1) is 35.3 Å². The Morgan fingerprint density at radius 2 is 1.70 bits per heavy atom. The summed E-state index contributed by atoms with van der Waals surface area (Å²) in [5, 5.41) is 29.1.